The second-order valence-electron chi connectivity index (χ2n) is 9.78. The molecule has 4 aliphatic rings. The molecule has 2 heterocycles. The van der Waals surface area contributed by atoms with E-state index in [0.29, 0.717) is 30.0 Å². The lowest BCUT2D eigenvalue weighted by atomic mass is 9.75. The molecule has 0 aromatic carbocycles. The number of hydrogen-bond acceptors (Lipinski definition) is 4. The summed E-state index contributed by atoms with van der Waals surface area (Å²) in [4.78, 5) is 32.0. The molecule has 4 fully saturated rings. The second kappa shape index (κ2) is 6.89. The van der Waals surface area contributed by atoms with E-state index in [1.54, 1.807) is 0 Å². The summed E-state index contributed by atoms with van der Waals surface area (Å²) in [6.07, 6.45) is 11.1. The first-order chi connectivity index (χ1) is 13.5. The molecule has 28 heavy (non-hydrogen) atoms. The van der Waals surface area contributed by atoms with Gasteiger partial charge in [0.25, 0.3) is 5.91 Å². The highest BCUT2D eigenvalue weighted by atomic mass is 16.3. The predicted octanol–water partition coefficient (Wildman–Crippen LogP) is 3.17. The van der Waals surface area contributed by atoms with Crippen LogP contribution in [0.1, 0.15) is 74.7 Å². The smallest absolute Gasteiger partial charge is 0.276 e. The number of amides is 2. The van der Waals surface area contributed by atoms with E-state index in [0.717, 1.165) is 51.5 Å². The third-order valence-corrected chi connectivity index (χ3v) is 7.64. The molecule has 6 nitrogen and oxygen atoms in total. The van der Waals surface area contributed by atoms with Crippen molar-refractivity contribution in [2.45, 2.75) is 70.8 Å². The Morgan fingerprint density at radius 3 is 2.86 bits per heavy atom. The van der Waals surface area contributed by atoms with Crippen LogP contribution in [0.4, 0.5) is 0 Å². The van der Waals surface area contributed by atoms with Gasteiger partial charge in [-0.1, -0.05) is 13.3 Å². The minimum Gasteiger partial charge on any atom is -0.448 e. The maximum absolute atomic E-state index is 13.1. The quantitative estimate of drug-likeness (QED) is 0.816. The zero-order chi connectivity index (χ0) is 19.3. The molecule has 2 amide bonds. The molecule has 0 spiro atoms. The predicted molar refractivity (Wildman–Crippen MR) is 104 cm³/mol. The van der Waals surface area contributed by atoms with E-state index in [1.807, 2.05) is 4.90 Å². The number of fused-ring (bicyclic) bond motifs is 1. The average molecular weight is 386 g/mol. The highest BCUT2D eigenvalue weighted by molar-refractivity contribution is 5.92. The second-order valence-corrected chi connectivity index (χ2v) is 9.78. The van der Waals surface area contributed by atoms with Crippen molar-refractivity contribution in [3.8, 4) is 0 Å². The van der Waals surface area contributed by atoms with Gasteiger partial charge in [-0.2, -0.15) is 0 Å². The van der Waals surface area contributed by atoms with Crippen LogP contribution >= 0.6 is 0 Å². The van der Waals surface area contributed by atoms with Crippen LogP contribution in [0.25, 0.3) is 0 Å². The zero-order valence-corrected chi connectivity index (χ0v) is 16.8. The van der Waals surface area contributed by atoms with Crippen LogP contribution in [0.15, 0.2) is 10.7 Å². The number of aromatic nitrogens is 1. The molecule has 1 aromatic heterocycles. The number of nitrogens with one attached hydrogen (secondary N) is 1. The summed E-state index contributed by atoms with van der Waals surface area (Å²) >= 11 is 0. The first kappa shape index (κ1) is 18.2. The Kier molecular flexibility index (Phi) is 4.48. The molecule has 5 rings (SSSR count). The van der Waals surface area contributed by atoms with Crippen LogP contribution in [0.3, 0.4) is 0 Å². The van der Waals surface area contributed by atoms with Crippen LogP contribution in [0.5, 0.6) is 0 Å². The lowest BCUT2D eigenvalue weighted by Crippen LogP contribution is -2.47. The van der Waals surface area contributed by atoms with Gasteiger partial charge in [-0.25, -0.2) is 4.98 Å². The summed E-state index contributed by atoms with van der Waals surface area (Å²) < 4.78 is 5.55. The molecule has 1 aliphatic heterocycles. The third-order valence-electron chi connectivity index (χ3n) is 7.64. The Morgan fingerprint density at radius 1 is 1.29 bits per heavy atom. The van der Waals surface area contributed by atoms with Gasteiger partial charge >= 0.3 is 0 Å². The van der Waals surface area contributed by atoms with Crippen molar-refractivity contribution in [3.05, 3.63) is 17.8 Å². The van der Waals surface area contributed by atoms with Crippen LogP contribution in [-0.4, -0.2) is 40.8 Å². The Hall–Kier alpha value is -1.85. The Morgan fingerprint density at radius 2 is 2.11 bits per heavy atom. The fourth-order valence-electron chi connectivity index (χ4n) is 5.68. The summed E-state index contributed by atoms with van der Waals surface area (Å²) in [5.74, 6) is 2.48. The average Bonchev–Trinajstić information content (AvgIpc) is 3.06. The van der Waals surface area contributed by atoms with Crippen molar-refractivity contribution in [3.63, 3.8) is 0 Å². The molecule has 3 saturated carbocycles. The van der Waals surface area contributed by atoms with Gasteiger partial charge in [-0.15, -0.1) is 0 Å². The molecule has 1 saturated heterocycles. The van der Waals surface area contributed by atoms with Crippen LogP contribution in [0, 0.1) is 23.2 Å². The van der Waals surface area contributed by atoms with Crippen molar-refractivity contribution >= 4 is 11.8 Å². The molecule has 0 unspecified atom stereocenters. The summed E-state index contributed by atoms with van der Waals surface area (Å²) in [5, 5.41) is 3.23. The largest absolute Gasteiger partial charge is 0.448 e. The van der Waals surface area contributed by atoms with Crippen molar-refractivity contribution in [2.24, 2.45) is 23.2 Å². The van der Waals surface area contributed by atoms with E-state index < -0.39 is 0 Å². The normalized spacial score (nSPS) is 34.2. The number of oxazole rings is 1. The zero-order valence-electron chi connectivity index (χ0n) is 16.8. The molecular weight excluding hydrogens is 354 g/mol. The van der Waals surface area contributed by atoms with Crippen molar-refractivity contribution in [2.75, 3.05) is 13.1 Å². The van der Waals surface area contributed by atoms with Crippen LogP contribution in [0.2, 0.25) is 0 Å². The van der Waals surface area contributed by atoms with Gasteiger partial charge in [0.05, 0.1) is 0 Å². The summed E-state index contributed by atoms with van der Waals surface area (Å²) in [7, 11) is 0. The fraction of sp³-hybridized carbons (Fsp3) is 0.773. The maximum Gasteiger partial charge on any atom is 0.276 e. The number of carbonyl (C=O) groups excluding carboxylic acids is 2. The van der Waals surface area contributed by atoms with Crippen LogP contribution in [-0.2, 0) is 11.2 Å². The van der Waals surface area contributed by atoms with E-state index in [1.165, 1.54) is 19.1 Å². The minimum absolute atomic E-state index is 0.00119. The standard InChI is InChI=1S/C22H31N3O3/c1-14-9-16(10-14)20(26)23-13-22-6-2-3-18(22)25(8-7-22)21(27)17-12-28-19(24-17)11-15-4-5-15/h12,14-16,18H,2-11,13H2,1H3,(H,23,26)/t14?,16?,18-,22-/m1/s1. The van der Waals surface area contributed by atoms with E-state index >= 15 is 0 Å². The van der Waals surface area contributed by atoms with E-state index in [-0.39, 0.29) is 29.2 Å². The van der Waals surface area contributed by atoms with Gasteiger partial charge in [-0.05, 0) is 56.8 Å². The van der Waals surface area contributed by atoms with Crippen molar-refractivity contribution < 1.29 is 14.0 Å². The highest BCUT2D eigenvalue weighted by Gasteiger charge is 2.52. The third kappa shape index (κ3) is 3.25. The molecule has 2 atom stereocenters. The molecule has 1 N–H and O–H groups in total. The topological polar surface area (TPSA) is 75.4 Å². The molecule has 1 aromatic rings. The van der Waals surface area contributed by atoms with Gasteiger partial charge in [0.2, 0.25) is 5.91 Å². The van der Waals surface area contributed by atoms with Gasteiger partial charge in [0.15, 0.2) is 11.6 Å². The minimum atomic E-state index is -0.00119. The van der Waals surface area contributed by atoms with Gasteiger partial charge < -0.3 is 14.6 Å². The summed E-state index contributed by atoms with van der Waals surface area (Å²) in [6, 6.07) is 0.212. The maximum atomic E-state index is 13.1. The monoisotopic (exact) mass is 385 g/mol. The summed E-state index contributed by atoms with van der Waals surface area (Å²) in [6.45, 7) is 3.66. The fourth-order valence-corrected chi connectivity index (χ4v) is 5.68. The number of rotatable bonds is 6. The highest BCUT2D eigenvalue weighted by Crippen LogP contribution is 2.49. The first-order valence-electron chi connectivity index (χ1n) is 11.1. The Balaban J connectivity index is 1.22. The van der Waals surface area contributed by atoms with Gasteiger partial charge in [0, 0.05) is 36.9 Å². The van der Waals surface area contributed by atoms with E-state index in [9.17, 15) is 9.59 Å². The van der Waals surface area contributed by atoms with Gasteiger partial charge in [-0.3, -0.25) is 9.59 Å². The van der Waals surface area contributed by atoms with Crippen molar-refractivity contribution in [1.82, 2.24) is 15.2 Å². The number of likely N-dealkylation sites (tertiary alicyclic amines) is 1. The SMILES string of the molecule is CC1CC(C(=O)NC[C@]23CCC[C@H]2N(C(=O)c2coc(CC4CC4)n2)CC3)C1. The first-order valence-corrected chi connectivity index (χ1v) is 11.1. The number of carbonyl (C=O) groups is 2. The molecule has 3 aliphatic carbocycles. The van der Waals surface area contributed by atoms with E-state index in [2.05, 4.69) is 17.2 Å². The lowest BCUT2D eigenvalue weighted by Gasteiger charge is -2.35. The molecule has 0 radical (unpaired) electrons. The summed E-state index contributed by atoms with van der Waals surface area (Å²) in [5.41, 5.74) is 0.493. The van der Waals surface area contributed by atoms with Gasteiger partial charge in [0.1, 0.15) is 6.26 Å². The lowest BCUT2D eigenvalue weighted by molar-refractivity contribution is -0.129. The molecule has 0 bridgehead atoms. The van der Waals surface area contributed by atoms with Crippen LogP contribution < -0.4 is 5.32 Å². The molecule has 152 valence electrons. The number of hydrogen-bond donors (Lipinski definition) is 1. The van der Waals surface area contributed by atoms with Crippen molar-refractivity contribution in [1.29, 1.82) is 0 Å². The Labute approximate surface area is 166 Å². The molecule has 6 heteroatoms. The number of nitrogens with zero attached hydrogens (tertiary/aromatic N) is 2. The van der Waals surface area contributed by atoms with E-state index in [4.69, 9.17) is 4.42 Å². The Bertz CT molecular complexity index is 765. The molecular formula is C22H31N3O3.